The van der Waals surface area contributed by atoms with E-state index in [9.17, 15) is 0 Å². The van der Waals surface area contributed by atoms with Crippen LogP contribution in [0.25, 0.3) is 16.6 Å². The summed E-state index contributed by atoms with van der Waals surface area (Å²) < 4.78 is 1.51. The maximum atomic E-state index is 6.43. The first-order valence-electron chi connectivity index (χ1n) is 8.20. The van der Waals surface area contributed by atoms with Crippen molar-refractivity contribution in [1.29, 1.82) is 0 Å². The van der Waals surface area contributed by atoms with Gasteiger partial charge >= 0.3 is 0 Å². The molecule has 2 N–H and O–H groups in total. The van der Waals surface area contributed by atoms with Crippen LogP contribution in [0.15, 0.2) is 60.5 Å². The number of pyridine rings is 1. The van der Waals surface area contributed by atoms with E-state index < -0.39 is 0 Å². The molecule has 0 bridgehead atoms. The summed E-state index contributed by atoms with van der Waals surface area (Å²) in [7, 11) is 0. The van der Waals surface area contributed by atoms with E-state index in [-0.39, 0.29) is 0 Å². The lowest BCUT2D eigenvalue weighted by atomic mass is 9.96. The van der Waals surface area contributed by atoms with Crippen LogP contribution < -0.4 is 5.84 Å². The Kier molecular flexibility index (Phi) is 5.68. The highest BCUT2D eigenvalue weighted by Gasteiger charge is 2.25. The summed E-state index contributed by atoms with van der Waals surface area (Å²) in [6.07, 6.45) is 11.8. The normalized spacial score (nSPS) is 19.0. The fraction of sp³-hybridized carbons (Fsp3) is 0.250. The lowest BCUT2D eigenvalue weighted by Gasteiger charge is -2.10. The summed E-state index contributed by atoms with van der Waals surface area (Å²) in [6, 6.07) is 1.94. The second-order valence-electron chi connectivity index (χ2n) is 5.44. The number of aromatic nitrogens is 2. The standard InChI is InChI=1S/C18H18ClN3.C2H6/c1-4-5-6-13-11(2)9-15(12(13)3)17-14-7-8-22(20)18(14)21-10-16(17)19;1-2/h4-11H,3,20H2,1-2H3;1-2H3/b5-4-,13-6-;. The van der Waals surface area contributed by atoms with Gasteiger partial charge in [0.1, 0.15) is 0 Å². The van der Waals surface area contributed by atoms with Gasteiger partial charge in [0.05, 0.1) is 5.02 Å². The molecule has 0 fully saturated rings. The second-order valence-corrected chi connectivity index (χ2v) is 5.84. The molecule has 1 atom stereocenters. The Morgan fingerprint density at radius 1 is 1.38 bits per heavy atom. The van der Waals surface area contributed by atoms with Gasteiger partial charge in [0.2, 0.25) is 0 Å². The first kappa shape index (κ1) is 18.1. The molecule has 0 radical (unpaired) electrons. The van der Waals surface area contributed by atoms with Gasteiger partial charge in [-0.3, -0.25) is 4.68 Å². The second kappa shape index (κ2) is 7.54. The van der Waals surface area contributed by atoms with Crippen molar-refractivity contribution in [2.45, 2.75) is 27.7 Å². The average molecular weight is 342 g/mol. The van der Waals surface area contributed by atoms with E-state index in [1.807, 2.05) is 39.0 Å². The van der Waals surface area contributed by atoms with Crippen molar-refractivity contribution in [1.82, 2.24) is 9.66 Å². The zero-order valence-corrected chi connectivity index (χ0v) is 15.4. The topological polar surface area (TPSA) is 43.8 Å². The minimum absolute atomic E-state index is 0.304. The molecule has 1 aliphatic rings. The highest BCUT2D eigenvalue weighted by atomic mass is 35.5. The minimum Gasteiger partial charge on any atom is -0.338 e. The largest absolute Gasteiger partial charge is 0.338 e. The van der Waals surface area contributed by atoms with Crippen LogP contribution in [0.2, 0.25) is 5.02 Å². The van der Waals surface area contributed by atoms with Crippen molar-refractivity contribution in [3.8, 4) is 0 Å². The van der Waals surface area contributed by atoms with E-state index in [0.29, 0.717) is 16.6 Å². The molecule has 4 heteroatoms. The SMILES string of the molecule is C=C1C(c2c(Cl)cnc3c2ccn3N)=CC(C)/C1=C/C=C\C.CC. The van der Waals surface area contributed by atoms with E-state index >= 15 is 0 Å². The van der Waals surface area contributed by atoms with Crippen LogP contribution in [0.5, 0.6) is 0 Å². The molecular formula is C20H24ClN3. The molecule has 0 saturated heterocycles. The number of halogens is 1. The van der Waals surface area contributed by atoms with Gasteiger partial charge in [-0.25, -0.2) is 4.98 Å². The van der Waals surface area contributed by atoms with Crippen molar-refractivity contribution < 1.29 is 0 Å². The monoisotopic (exact) mass is 341 g/mol. The molecule has 0 amide bonds. The molecular weight excluding hydrogens is 318 g/mol. The summed E-state index contributed by atoms with van der Waals surface area (Å²) in [5, 5.41) is 1.56. The molecule has 3 nitrogen and oxygen atoms in total. The van der Waals surface area contributed by atoms with E-state index in [1.165, 1.54) is 10.2 Å². The van der Waals surface area contributed by atoms with Crippen molar-refractivity contribution in [2.75, 3.05) is 5.84 Å². The third-order valence-electron chi connectivity index (χ3n) is 4.01. The number of hydrogen-bond acceptors (Lipinski definition) is 2. The van der Waals surface area contributed by atoms with E-state index in [0.717, 1.165) is 22.1 Å². The quantitative estimate of drug-likeness (QED) is 0.731. The molecule has 1 aliphatic carbocycles. The number of rotatable bonds is 2. The molecule has 1 unspecified atom stereocenters. The lowest BCUT2D eigenvalue weighted by Crippen LogP contribution is -2.06. The molecule has 126 valence electrons. The van der Waals surface area contributed by atoms with Crippen LogP contribution in [-0.2, 0) is 0 Å². The third kappa shape index (κ3) is 3.04. The Labute approximate surface area is 148 Å². The fourth-order valence-electron chi connectivity index (χ4n) is 2.91. The van der Waals surface area contributed by atoms with Gasteiger partial charge in [-0.2, -0.15) is 0 Å². The molecule has 3 rings (SSSR count). The summed E-state index contributed by atoms with van der Waals surface area (Å²) in [5.41, 5.74) is 4.95. The predicted molar refractivity (Wildman–Crippen MR) is 105 cm³/mol. The zero-order chi connectivity index (χ0) is 17.9. The third-order valence-corrected chi connectivity index (χ3v) is 4.30. The van der Waals surface area contributed by atoms with Gasteiger partial charge in [0.15, 0.2) is 5.65 Å². The number of nitrogens with two attached hydrogens (primary N) is 1. The zero-order valence-electron chi connectivity index (χ0n) is 14.7. The maximum Gasteiger partial charge on any atom is 0.158 e. The molecule has 0 aromatic carbocycles. The smallest absolute Gasteiger partial charge is 0.158 e. The molecule has 0 aliphatic heterocycles. The Morgan fingerprint density at radius 2 is 2.08 bits per heavy atom. The number of nitrogen functional groups attached to an aromatic ring is 1. The van der Waals surface area contributed by atoms with E-state index in [1.54, 1.807) is 12.4 Å². The van der Waals surface area contributed by atoms with Gasteiger partial charge < -0.3 is 5.84 Å². The molecule has 0 spiro atoms. The minimum atomic E-state index is 0.304. The first-order valence-corrected chi connectivity index (χ1v) is 8.57. The maximum absolute atomic E-state index is 6.43. The highest BCUT2D eigenvalue weighted by molar-refractivity contribution is 6.33. The number of nitrogens with zero attached hydrogens (tertiary/aromatic N) is 2. The van der Waals surface area contributed by atoms with Crippen LogP contribution in [0.4, 0.5) is 0 Å². The molecule has 2 heterocycles. The van der Waals surface area contributed by atoms with Crippen LogP contribution in [0, 0.1) is 5.92 Å². The van der Waals surface area contributed by atoms with Crippen LogP contribution in [-0.4, -0.2) is 9.66 Å². The van der Waals surface area contributed by atoms with E-state index in [4.69, 9.17) is 17.4 Å². The summed E-state index contributed by atoms with van der Waals surface area (Å²) in [6.45, 7) is 12.4. The predicted octanol–water partition coefficient (Wildman–Crippen LogP) is 5.52. The van der Waals surface area contributed by atoms with Gasteiger partial charge in [0.25, 0.3) is 0 Å². The summed E-state index contributed by atoms with van der Waals surface area (Å²) >= 11 is 6.43. The average Bonchev–Trinajstić information content (AvgIpc) is 3.08. The summed E-state index contributed by atoms with van der Waals surface area (Å²) in [4.78, 5) is 4.31. The van der Waals surface area contributed by atoms with Gasteiger partial charge in [0, 0.05) is 29.3 Å². The molecule has 2 aromatic rings. The van der Waals surface area contributed by atoms with Crippen LogP contribution in [0.3, 0.4) is 0 Å². The van der Waals surface area contributed by atoms with Crippen LogP contribution in [0.1, 0.15) is 33.3 Å². The Balaban J connectivity index is 0.00000100. The van der Waals surface area contributed by atoms with Crippen LogP contribution >= 0.6 is 11.6 Å². The Morgan fingerprint density at radius 3 is 2.75 bits per heavy atom. The molecule has 2 aromatic heterocycles. The van der Waals surface area contributed by atoms with Crippen molar-refractivity contribution in [3.63, 3.8) is 0 Å². The fourth-order valence-corrected chi connectivity index (χ4v) is 3.16. The van der Waals surface area contributed by atoms with Crippen molar-refractivity contribution in [2.24, 2.45) is 5.92 Å². The number of allylic oxidation sites excluding steroid dienone is 7. The van der Waals surface area contributed by atoms with Gasteiger partial charge in [-0.15, -0.1) is 0 Å². The first-order chi connectivity index (χ1) is 11.5. The van der Waals surface area contributed by atoms with Crippen molar-refractivity contribution >= 4 is 28.2 Å². The van der Waals surface area contributed by atoms with Gasteiger partial charge in [-0.1, -0.05) is 63.3 Å². The lowest BCUT2D eigenvalue weighted by molar-refractivity contribution is 0.910. The number of hydrogen-bond donors (Lipinski definition) is 1. The Bertz CT molecular complexity index is 853. The summed E-state index contributed by atoms with van der Waals surface area (Å²) in [5.74, 6) is 6.20. The van der Waals surface area contributed by atoms with E-state index in [2.05, 4.69) is 30.6 Å². The Hall–Kier alpha value is -2.26. The number of fused-ring (bicyclic) bond motifs is 1. The molecule has 0 saturated carbocycles. The highest BCUT2D eigenvalue weighted by Crippen LogP contribution is 2.44. The van der Waals surface area contributed by atoms with Gasteiger partial charge in [-0.05, 0) is 29.7 Å². The molecule has 24 heavy (non-hydrogen) atoms. The van der Waals surface area contributed by atoms with Crippen molar-refractivity contribution in [3.05, 3.63) is 71.1 Å².